The lowest BCUT2D eigenvalue weighted by atomic mass is 9.75. The van der Waals surface area contributed by atoms with Gasteiger partial charge in [-0.3, -0.25) is 4.79 Å². The van der Waals surface area contributed by atoms with Gasteiger partial charge in [-0.15, -0.1) is 6.58 Å². The van der Waals surface area contributed by atoms with Gasteiger partial charge in [0.05, 0.1) is 12.4 Å². The number of rotatable bonds is 6. The van der Waals surface area contributed by atoms with Gasteiger partial charge in [-0.25, -0.2) is 0 Å². The molecule has 0 amide bonds. The summed E-state index contributed by atoms with van der Waals surface area (Å²) in [6.07, 6.45) is 8.12. The van der Waals surface area contributed by atoms with Crippen LogP contribution in [0, 0.1) is 11.3 Å². The van der Waals surface area contributed by atoms with Crippen LogP contribution in [0.5, 0.6) is 0 Å². The molecule has 1 rings (SSSR count). The standard InChI is InChI=1S/C16H26O2/c1-5-9-16(6-2)10-7-8-14(11-15(16)17)18-12-13(3)4/h5,11,13H,1,6-10,12H2,2-4H3/t16-/m1/s1. The molecule has 0 unspecified atom stereocenters. The largest absolute Gasteiger partial charge is 0.498 e. The molecule has 0 radical (unpaired) electrons. The molecule has 0 aromatic carbocycles. The molecule has 0 aromatic heterocycles. The van der Waals surface area contributed by atoms with Crippen molar-refractivity contribution in [2.75, 3.05) is 6.61 Å². The third kappa shape index (κ3) is 3.72. The molecule has 0 aliphatic heterocycles. The minimum atomic E-state index is -0.231. The highest BCUT2D eigenvalue weighted by molar-refractivity contribution is 5.95. The molecule has 2 nitrogen and oxygen atoms in total. The van der Waals surface area contributed by atoms with Crippen LogP contribution < -0.4 is 0 Å². The smallest absolute Gasteiger partial charge is 0.165 e. The fraction of sp³-hybridized carbons (Fsp3) is 0.688. The van der Waals surface area contributed by atoms with Crippen LogP contribution >= 0.6 is 0 Å². The highest BCUT2D eigenvalue weighted by Gasteiger charge is 2.35. The van der Waals surface area contributed by atoms with Crippen molar-refractivity contribution in [3.05, 3.63) is 24.5 Å². The average molecular weight is 250 g/mol. The molecule has 1 aliphatic carbocycles. The second-order valence-electron chi connectivity index (χ2n) is 5.66. The Morgan fingerprint density at radius 3 is 2.83 bits per heavy atom. The minimum Gasteiger partial charge on any atom is -0.498 e. The van der Waals surface area contributed by atoms with E-state index in [1.807, 2.05) is 6.08 Å². The first-order valence-corrected chi connectivity index (χ1v) is 7.03. The highest BCUT2D eigenvalue weighted by Crippen LogP contribution is 2.38. The Bertz CT molecular complexity index is 328. The minimum absolute atomic E-state index is 0.223. The van der Waals surface area contributed by atoms with Gasteiger partial charge in [0, 0.05) is 17.9 Å². The predicted molar refractivity (Wildman–Crippen MR) is 75.3 cm³/mol. The van der Waals surface area contributed by atoms with Gasteiger partial charge >= 0.3 is 0 Å². The third-order valence-electron chi connectivity index (χ3n) is 3.71. The Kier molecular flexibility index (Phi) is 5.64. The Balaban J connectivity index is 2.79. The molecule has 0 heterocycles. The summed E-state index contributed by atoms with van der Waals surface area (Å²) in [5, 5.41) is 0. The Labute approximate surface area is 111 Å². The van der Waals surface area contributed by atoms with Crippen molar-refractivity contribution >= 4 is 5.78 Å². The third-order valence-corrected chi connectivity index (χ3v) is 3.71. The number of ketones is 1. The summed E-state index contributed by atoms with van der Waals surface area (Å²) < 4.78 is 5.73. The van der Waals surface area contributed by atoms with E-state index in [0.717, 1.165) is 37.9 Å². The van der Waals surface area contributed by atoms with Crippen molar-refractivity contribution < 1.29 is 9.53 Å². The van der Waals surface area contributed by atoms with Crippen molar-refractivity contribution in [3.63, 3.8) is 0 Å². The van der Waals surface area contributed by atoms with E-state index < -0.39 is 0 Å². The van der Waals surface area contributed by atoms with Gasteiger partial charge in [0.15, 0.2) is 5.78 Å². The summed E-state index contributed by atoms with van der Waals surface area (Å²) in [5.41, 5.74) is -0.231. The van der Waals surface area contributed by atoms with Gasteiger partial charge in [-0.2, -0.15) is 0 Å². The summed E-state index contributed by atoms with van der Waals surface area (Å²) in [4.78, 5) is 12.4. The summed E-state index contributed by atoms with van der Waals surface area (Å²) in [6.45, 7) is 10.8. The van der Waals surface area contributed by atoms with E-state index in [4.69, 9.17) is 4.74 Å². The van der Waals surface area contributed by atoms with Crippen molar-refractivity contribution in [3.8, 4) is 0 Å². The molecule has 1 aliphatic rings. The molecule has 102 valence electrons. The fourth-order valence-corrected chi connectivity index (χ4v) is 2.46. The molecule has 0 N–H and O–H groups in total. The Hall–Kier alpha value is -1.05. The molecular weight excluding hydrogens is 224 g/mol. The zero-order valence-electron chi connectivity index (χ0n) is 12.0. The first-order chi connectivity index (χ1) is 8.54. The summed E-state index contributed by atoms with van der Waals surface area (Å²) >= 11 is 0. The molecule has 0 fully saturated rings. The number of ether oxygens (including phenoxy) is 1. The van der Waals surface area contributed by atoms with Crippen LogP contribution in [0.1, 0.15) is 52.9 Å². The van der Waals surface area contributed by atoms with Gasteiger partial charge < -0.3 is 4.74 Å². The number of hydrogen-bond acceptors (Lipinski definition) is 2. The van der Waals surface area contributed by atoms with Gasteiger partial charge in [0.2, 0.25) is 0 Å². The average Bonchev–Trinajstić information content (AvgIpc) is 2.48. The SMILES string of the molecule is C=CC[C@]1(CC)CCCC(OCC(C)C)=CC1=O. The second kappa shape index (κ2) is 6.77. The normalized spacial score (nSPS) is 24.7. The molecule has 18 heavy (non-hydrogen) atoms. The summed E-state index contributed by atoms with van der Waals surface area (Å²) in [5.74, 6) is 1.59. The van der Waals surface area contributed by atoms with Gasteiger partial charge in [-0.1, -0.05) is 26.8 Å². The molecule has 1 atom stereocenters. The van der Waals surface area contributed by atoms with Crippen LogP contribution in [0.15, 0.2) is 24.5 Å². The summed E-state index contributed by atoms with van der Waals surface area (Å²) in [6, 6.07) is 0. The van der Waals surface area contributed by atoms with E-state index in [0.29, 0.717) is 12.5 Å². The number of allylic oxidation sites excluding steroid dienone is 3. The number of hydrogen-bond donors (Lipinski definition) is 0. The molecule has 0 saturated heterocycles. The molecule has 0 bridgehead atoms. The topological polar surface area (TPSA) is 26.3 Å². The maximum atomic E-state index is 12.4. The van der Waals surface area contributed by atoms with Crippen molar-refractivity contribution in [2.24, 2.45) is 11.3 Å². The van der Waals surface area contributed by atoms with E-state index in [1.54, 1.807) is 6.08 Å². The first-order valence-electron chi connectivity index (χ1n) is 7.03. The van der Waals surface area contributed by atoms with Crippen molar-refractivity contribution in [1.29, 1.82) is 0 Å². The van der Waals surface area contributed by atoms with Crippen LogP contribution in [-0.4, -0.2) is 12.4 Å². The number of carbonyl (C=O) groups excluding carboxylic acids is 1. The van der Waals surface area contributed by atoms with Gasteiger partial charge in [0.25, 0.3) is 0 Å². The van der Waals surface area contributed by atoms with E-state index in [2.05, 4.69) is 27.4 Å². The van der Waals surface area contributed by atoms with E-state index >= 15 is 0 Å². The quantitative estimate of drug-likeness (QED) is 0.658. The van der Waals surface area contributed by atoms with E-state index in [1.165, 1.54) is 0 Å². The highest BCUT2D eigenvalue weighted by atomic mass is 16.5. The Morgan fingerprint density at radius 1 is 1.56 bits per heavy atom. The molecule has 2 heteroatoms. The predicted octanol–water partition coefficient (Wildman–Crippen LogP) is 4.27. The summed E-state index contributed by atoms with van der Waals surface area (Å²) in [7, 11) is 0. The van der Waals surface area contributed by atoms with Crippen molar-refractivity contribution in [1.82, 2.24) is 0 Å². The molecular formula is C16H26O2. The second-order valence-corrected chi connectivity index (χ2v) is 5.66. The van der Waals surface area contributed by atoms with Crippen LogP contribution in [0.2, 0.25) is 0 Å². The zero-order valence-corrected chi connectivity index (χ0v) is 12.0. The molecule has 0 saturated carbocycles. The zero-order chi connectivity index (χ0) is 13.6. The van der Waals surface area contributed by atoms with Crippen LogP contribution in [0.25, 0.3) is 0 Å². The van der Waals surface area contributed by atoms with Crippen molar-refractivity contribution in [2.45, 2.75) is 52.9 Å². The van der Waals surface area contributed by atoms with E-state index in [-0.39, 0.29) is 11.2 Å². The molecule has 0 aromatic rings. The first kappa shape index (κ1) is 15.0. The van der Waals surface area contributed by atoms with E-state index in [9.17, 15) is 4.79 Å². The number of carbonyl (C=O) groups is 1. The van der Waals surface area contributed by atoms with Crippen LogP contribution in [-0.2, 0) is 9.53 Å². The van der Waals surface area contributed by atoms with Gasteiger partial charge in [-0.05, 0) is 31.6 Å². The lowest BCUT2D eigenvalue weighted by Crippen LogP contribution is -2.28. The lowest BCUT2D eigenvalue weighted by molar-refractivity contribution is -0.124. The lowest BCUT2D eigenvalue weighted by Gasteiger charge is -2.27. The Morgan fingerprint density at radius 2 is 2.28 bits per heavy atom. The van der Waals surface area contributed by atoms with Crippen LogP contribution in [0.4, 0.5) is 0 Å². The maximum Gasteiger partial charge on any atom is 0.165 e. The van der Waals surface area contributed by atoms with Crippen LogP contribution in [0.3, 0.4) is 0 Å². The monoisotopic (exact) mass is 250 g/mol. The molecule has 0 spiro atoms. The fourth-order valence-electron chi connectivity index (χ4n) is 2.46. The maximum absolute atomic E-state index is 12.4. The van der Waals surface area contributed by atoms with Gasteiger partial charge in [0.1, 0.15) is 0 Å².